The largest absolute Gasteiger partial charge is 0.481 e. The summed E-state index contributed by atoms with van der Waals surface area (Å²) in [5.74, 6) is -2.29. The highest BCUT2D eigenvalue weighted by molar-refractivity contribution is 5.96. The molecule has 0 spiro atoms. The van der Waals surface area contributed by atoms with Crippen LogP contribution in [0.5, 0.6) is 0 Å². The first-order valence-electron chi connectivity index (χ1n) is 7.59. The molecule has 0 aliphatic heterocycles. The second kappa shape index (κ2) is 6.34. The van der Waals surface area contributed by atoms with Crippen molar-refractivity contribution < 1.29 is 14.7 Å². The number of allylic oxidation sites excluding steroid dienone is 2. The summed E-state index contributed by atoms with van der Waals surface area (Å²) in [5.41, 5.74) is 1.71. The monoisotopic (exact) mass is 301 g/mol. The summed E-state index contributed by atoms with van der Waals surface area (Å²) in [6, 6.07) is 7.68. The number of hydrogen-bond donors (Lipinski definition) is 2. The van der Waals surface area contributed by atoms with Crippen LogP contribution in [0.25, 0.3) is 0 Å². The van der Waals surface area contributed by atoms with Gasteiger partial charge in [0.05, 0.1) is 11.8 Å². The molecule has 1 amide bonds. The number of carbonyl (C=O) groups is 2. The topological polar surface area (TPSA) is 66.4 Å². The molecule has 0 fully saturated rings. The molecule has 1 aliphatic rings. The molecule has 118 valence electrons. The number of anilines is 1. The van der Waals surface area contributed by atoms with Crippen LogP contribution in [-0.4, -0.2) is 17.0 Å². The van der Waals surface area contributed by atoms with E-state index in [0.29, 0.717) is 12.8 Å². The van der Waals surface area contributed by atoms with Gasteiger partial charge in [-0.3, -0.25) is 9.59 Å². The molecule has 0 heterocycles. The van der Waals surface area contributed by atoms with Crippen molar-refractivity contribution in [1.82, 2.24) is 0 Å². The van der Waals surface area contributed by atoms with Crippen molar-refractivity contribution in [2.45, 2.75) is 39.0 Å². The van der Waals surface area contributed by atoms with Gasteiger partial charge in [0.1, 0.15) is 0 Å². The van der Waals surface area contributed by atoms with Gasteiger partial charge >= 0.3 is 5.97 Å². The molecule has 2 rings (SSSR count). The highest BCUT2D eigenvalue weighted by atomic mass is 16.4. The molecule has 4 heteroatoms. The maximum atomic E-state index is 12.6. The maximum Gasteiger partial charge on any atom is 0.307 e. The van der Waals surface area contributed by atoms with Gasteiger partial charge in [0.15, 0.2) is 0 Å². The van der Waals surface area contributed by atoms with Gasteiger partial charge in [-0.1, -0.05) is 51.1 Å². The van der Waals surface area contributed by atoms with Gasteiger partial charge in [-0.15, -0.1) is 0 Å². The van der Waals surface area contributed by atoms with E-state index in [1.54, 1.807) is 0 Å². The van der Waals surface area contributed by atoms with Gasteiger partial charge in [-0.05, 0) is 29.9 Å². The minimum absolute atomic E-state index is 0.0947. The van der Waals surface area contributed by atoms with Gasteiger partial charge in [0.2, 0.25) is 5.91 Å². The average molecular weight is 301 g/mol. The number of rotatable bonds is 3. The number of carboxylic acids is 1. The van der Waals surface area contributed by atoms with Gasteiger partial charge in [0.25, 0.3) is 0 Å². The Balaban J connectivity index is 2.22. The molecule has 0 radical (unpaired) electrons. The van der Waals surface area contributed by atoms with E-state index in [9.17, 15) is 14.7 Å². The van der Waals surface area contributed by atoms with Crippen molar-refractivity contribution in [2.75, 3.05) is 5.32 Å². The molecule has 1 aromatic rings. The Morgan fingerprint density at radius 3 is 2.27 bits per heavy atom. The first-order chi connectivity index (χ1) is 10.3. The first-order valence-corrected chi connectivity index (χ1v) is 7.59. The molecule has 2 atom stereocenters. The Labute approximate surface area is 131 Å². The van der Waals surface area contributed by atoms with E-state index in [4.69, 9.17) is 0 Å². The molecule has 0 saturated carbocycles. The fourth-order valence-corrected chi connectivity index (χ4v) is 2.85. The lowest BCUT2D eigenvalue weighted by molar-refractivity contribution is -0.146. The Kier molecular flexibility index (Phi) is 4.69. The van der Waals surface area contributed by atoms with Crippen molar-refractivity contribution in [1.29, 1.82) is 0 Å². The number of benzene rings is 1. The van der Waals surface area contributed by atoms with Crippen molar-refractivity contribution in [3.8, 4) is 0 Å². The number of para-hydroxylation sites is 1. The lowest BCUT2D eigenvalue weighted by Gasteiger charge is -2.27. The van der Waals surface area contributed by atoms with Gasteiger partial charge in [0, 0.05) is 5.69 Å². The van der Waals surface area contributed by atoms with Gasteiger partial charge < -0.3 is 10.4 Å². The van der Waals surface area contributed by atoms with E-state index < -0.39 is 17.8 Å². The van der Waals surface area contributed by atoms with E-state index in [-0.39, 0.29) is 11.3 Å². The third kappa shape index (κ3) is 3.56. The van der Waals surface area contributed by atoms with Crippen LogP contribution in [0.1, 0.15) is 39.2 Å². The van der Waals surface area contributed by atoms with E-state index in [0.717, 1.165) is 11.3 Å². The highest BCUT2D eigenvalue weighted by Gasteiger charge is 2.34. The van der Waals surface area contributed by atoms with Crippen LogP contribution in [0.4, 0.5) is 5.69 Å². The summed E-state index contributed by atoms with van der Waals surface area (Å²) >= 11 is 0. The van der Waals surface area contributed by atoms with Crippen LogP contribution < -0.4 is 5.32 Å². The van der Waals surface area contributed by atoms with Gasteiger partial charge in [-0.2, -0.15) is 0 Å². The van der Waals surface area contributed by atoms with E-state index in [1.807, 2.05) is 36.4 Å². The fraction of sp³-hybridized carbons (Fsp3) is 0.444. The number of hydrogen-bond acceptors (Lipinski definition) is 2. The molecule has 4 nitrogen and oxygen atoms in total. The molecule has 0 aromatic heterocycles. The smallest absolute Gasteiger partial charge is 0.307 e. The average Bonchev–Trinajstić information content (AvgIpc) is 2.46. The molecule has 1 aromatic carbocycles. The second-order valence-electron chi connectivity index (χ2n) is 6.78. The zero-order valence-corrected chi connectivity index (χ0v) is 13.3. The Morgan fingerprint density at radius 2 is 1.68 bits per heavy atom. The molecular formula is C18H23NO3. The van der Waals surface area contributed by atoms with Crippen molar-refractivity contribution in [2.24, 2.45) is 11.8 Å². The fourth-order valence-electron chi connectivity index (χ4n) is 2.85. The normalized spacial score (nSPS) is 21.4. The Hall–Kier alpha value is -2.10. The number of aliphatic carboxylic acids is 1. The zero-order chi connectivity index (χ0) is 16.3. The Morgan fingerprint density at radius 1 is 1.09 bits per heavy atom. The summed E-state index contributed by atoms with van der Waals surface area (Å²) in [5, 5.41) is 12.2. The van der Waals surface area contributed by atoms with Crippen LogP contribution in [0, 0.1) is 11.8 Å². The lowest BCUT2D eigenvalue weighted by atomic mass is 9.82. The SMILES string of the molecule is CC(C)(C)c1ccccc1NC(=O)[C@@H]1CC=CC[C@@H]1C(=O)O. The Bertz CT molecular complexity index is 599. The van der Waals surface area contributed by atoms with E-state index >= 15 is 0 Å². The van der Waals surface area contributed by atoms with Gasteiger partial charge in [-0.25, -0.2) is 0 Å². The standard InChI is InChI=1S/C18H23NO3/c1-18(2,3)14-10-6-7-11-15(14)19-16(20)12-8-4-5-9-13(12)17(21)22/h4-7,10-13H,8-9H2,1-3H3,(H,19,20)(H,21,22)/t12-,13+/m1/s1. The minimum Gasteiger partial charge on any atom is -0.481 e. The molecule has 0 unspecified atom stereocenters. The van der Waals surface area contributed by atoms with E-state index in [2.05, 4.69) is 26.1 Å². The van der Waals surface area contributed by atoms with E-state index in [1.165, 1.54) is 0 Å². The van der Waals surface area contributed by atoms with Crippen molar-refractivity contribution in [3.05, 3.63) is 42.0 Å². The maximum absolute atomic E-state index is 12.6. The number of amides is 1. The summed E-state index contributed by atoms with van der Waals surface area (Å²) < 4.78 is 0. The third-order valence-electron chi connectivity index (χ3n) is 4.08. The molecule has 1 aliphatic carbocycles. The number of carboxylic acid groups (broad SMARTS) is 1. The molecule has 2 N–H and O–H groups in total. The third-order valence-corrected chi connectivity index (χ3v) is 4.08. The molecule has 0 bridgehead atoms. The van der Waals surface area contributed by atoms with Crippen LogP contribution in [0.3, 0.4) is 0 Å². The first kappa shape index (κ1) is 16.3. The van der Waals surface area contributed by atoms with Crippen LogP contribution in [0.15, 0.2) is 36.4 Å². The second-order valence-corrected chi connectivity index (χ2v) is 6.78. The van der Waals surface area contributed by atoms with Crippen LogP contribution in [0.2, 0.25) is 0 Å². The molecular weight excluding hydrogens is 278 g/mol. The summed E-state index contributed by atoms with van der Waals surface area (Å²) in [6.07, 6.45) is 4.61. The molecule has 0 saturated heterocycles. The predicted molar refractivity (Wildman–Crippen MR) is 86.8 cm³/mol. The molecule has 22 heavy (non-hydrogen) atoms. The van der Waals surface area contributed by atoms with Crippen molar-refractivity contribution >= 4 is 17.6 Å². The number of nitrogens with one attached hydrogen (secondary N) is 1. The summed E-state index contributed by atoms with van der Waals surface area (Å²) in [6.45, 7) is 6.25. The lowest BCUT2D eigenvalue weighted by Crippen LogP contribution is -2.35. The predicted octanol–water partition coefficient (Wildman–Crippen LogP) is 3.59. The quantitative estimate of drug-likeness (QED) is 0.838. The van der Waals surface area contributed by atoms with Crippen LogP contribution in [-0.2, 0) is 15.0 Å². The highest BCUT2D eigenvalue weighted by Crippen LogP contribution is 2.31. The number of carbonyl (C=O) groups excluding carboxylic acids is 1. The minimum atomic E-state index is -0.909. The zero-order valence-electron chi connectivity index (χ0n) is 13.3. The van der Waals surface area contributed by atoms with Crippen molar-refractivity contribution in [3.63, 3.8) is 0 Å². The van der Waals surface area contributed by atoms with Crippen LogP contribution >= 0.6 is 0 Å². The summed E-state index contributed by atoms with van der Waals surface area (Å²) in [4.78, 5) is 23.9. The summed E-state index contributed by atoms with van der Waals surface area (Å²) in [7, 11) is 0.